The molecule has 1 fully saturated rings. The Bertz CT molecular complexity index is 1080. The van der Waals surface area contributed by atoms with Crippen molar-refractivity contribution in [2.75, 3.05) is 39.4 Å². The molecule has 2 aromatic rings. The molecule has 1 aromatic carbocycles. The van der Waals surface area contributed by atoms with E-state index in [0.29, 0.717) is 24.7 Å². The maximum atomic E-state index is 13.1. The van der Waals surface area contributed by atoms with Gasteiger partial charge in [-0.2, -0.15) is 4.31 Å². The van der Waals surface area contributed by atoms with Crippen LogP contribution < -0.4 is 14.8 Å². The van der Waals surface area contributed by atoms with Crippen molar-refractivity contribution in [1.82, 2.24) is 14.5 Å². The average Bonchev–Trinajstić information content (AvgIpc) is 3.24. The van der Waals surface area contributed by atoms with E-state index in [1.807, 2.05) is 0 Å². The van der Waals surface area contributed by atoms with E-state index in [2.05, 4.69) is 5.32 Å². The van der Waals surface area contributed by atoms with Gasteiger partial charge >= 0.3 is 0 Å². The zero-order valence-corrected chi connectivity index (χ0v) is 18.5. The molecule has 172 valence electrons. The number of nitrogens with one attached hydrogen (secondary N) is 1. The van der Waals surface area contributed by atoms with Gasteiger partial charge in [-0.15, -0.1) is 0 Å². The van der Waals surface area contributed by atoms with E-state index in [-0.39, 0.29) is 42.7 Å². The van der Waals surface area contributed by atoms with Gasteiger partial charge in [0.05, 0.1) is 24.4 Å². The Kier molecular flexibility index (Phi) is 6.38. The number of carbonyl (C=O) groups excluding carboxylic acids is 2. The minimum absolute atomic E-state index is 0.121. The van der Waals surface area contributed by atoms with Crippen LogP contribution in [0.5, 0.6) is 11.5 Å². The molecule has 0 saturated carbocycles. The number of nitrogens with zero attached hydrogens (tertiary/aromatic N) is 2. The van der Waals surface area contributed by atoms with Crippen molar-refractivity contribution < 1.29 is 31.9 Å². The molecule has 2 aliphatic rings. The normalized spacial score (nSPS) is 18.0. The number of furan rings is 1. The Balaban J connectivity index is 1.37. The van der Waals surface area contributed by atoms with Gasteiger partial charge in [-0.25, -0.2) is 8.42 Å². The first-order valence-electron chi connectivity index (χ1n) is 10.4. The SMILES string of the molecule is C[C@H](NC(=O)c1ccco1)C(=O)N1CCN(S(=O)(=O)c2ccc3c(c2)OCCCO3)CC1. The summed E-state index contributed by atoms with van der Waals surface area (Å²) in [5.41, 5.74) is 0. The molecule has 0 aliphatic carbocycles. The molecular formula is C21H25N3O7S. The van der Waals surface area contributed by atoms with Crippen LogP contribution in [-0.4, -0.2) is 74.9 Å². The molecule has 1 aromatic heterocycles. The highest BCUT2D eigenvalue weighted by atomic mass is 32.2. The largest absolute Gasteiger partial charge is 0.490 e. The summed E-state index contributed by atoms with van der Waals surface area (Å²) >= 11 is 0. The van der Waals surface area contributed by atoms with Gasteiger partial charge in [0, 0.05) is 38.7 Å². The van der Waals surface area contributed by atoms with Crippen LogP contribution in [-0.2, 0) is 14.8 Å². The van der Waals surface area contributed by atoms with Crippen molar-refractivity contribution in [3.05, 3.63) is 42.4 Å². The number of fused-ring (bicyclic) bond motifs is 1. The number of sulfonamides is 1. The molecule has 2 aliphatic heterocycles. The summed E-state index contributed by atoms with van der Waals surface area (Å²) in [5.74, 6) is 0.306. The van der Waals surface area contributed by atoms with Crippen molar-refractivity contribution in [3.8, 4) is 11.5 Å². The summed E-state index contributed by atoms with van der Waals surface area (Å²) < 4.78 is 43.8. The topological polar surface area (TPSA) is 118 Å². The van der Waals surface area contributed by atoms with Crippen molar-refractivity contribution in [3.63, 3.8) is 0 Å². The van der Waals surface area contributed by atoms with E-state index in [4.69, 9.17) is 13.9 Å². The molecule has 4 rings (SSSR count). The fraction of sp³-hybridized carbons (Fsp3) is 0.429. The van der Waals surface area contributed by atoms with E-state index in [1.54, 1.807) is 24.0 Å². The Hall–Kier alpha value is -3.05. The summed E-state index contributed by atoms with van der Waals surface area (Å²) in [4.78, 5) is 26.5. The maximum Gasteiger partial charge on any atom is 0.287 e. The van der Waals surface area contributed by atoms with Crippen LogP contribution in [0.15, 0.2) is 45.9 Å². The third-order valence-electron chi connectivity index (χ3n) is 5.37. The lowest BCUT2D eigenvalue weighted by atomic mass is 10.2. The predicted molar refractivity (Wildman–Crippen MR) is 113 cm³/mol. The molecule has 3 heterocycles. The molecular weight excluding hydrogens is 438 g/mol. The molecule has 1 atom stereocenters. The highest BCUT2D eigenvalue weighted by Gasteiger charge is 2.32. The van der Waals surface area contributed by atoms with Crippen molar-refractivity contribution in [2.45, 2.75) is 24.3 Å². The van der Waals surface area contributed by atoms with Gasteiger partial charge in [0.15, 0.2) is 17.3 Å². The summed E-state index contributed by atoms with van der Waals surface area (Å²) in [6, 6.07) is 6.93. The first kappa shape index (κ1) is 22.2. The molecule has 1 N–H and O–H groups in total. The average molecular weight is 464 g/mol. The highest BCUT2D eigenvalue weighted by molar-refractivity contribution is 7.89. The second-order valence-electron chi connectivity index (χ2n) is 7.56. The molecule has 0 bridgehead atoms. The Morgan fingerprint density at radius 1 is 1.03 bits per heavy atom. The number of hydrogen-bond donors (Lipinski definition) is 1. The van der Waals surface area contributed by atoms with E-state index < -0.39 is 22.0 Å². The number of ether oxygens (including phenoxy) is 2. The monoisotopic (exact) mass is 463 g/mol. The van der Waals surface area contributed by atoms with Crippen LogP contribution in [0.2, 0.25) is 0 Å². The summed E-state index contributed by atoms with van der Waals surface area (Å²) in [5, 5.41) is 2.60. The Morgan fingerprint density at radius 3 is 2.44 bits per heavy atom. The number of benzene rings is 1. The highest BCUT2D eigenvalue weighted by Crippen LogP contribution is 2.33. The van der Waals surface area contributed by atoms with Gasteiger partial charge in [-0.05, 0) is 31.2 Å². The molecule has 32 heavy (non-hydrogen) atoms. The van der Waals surface area contributed by atoms with Gasteiger partial charge in [0.1, 0.15) is 6.04 Å². The Morgan fingerprint density at radius 2 is 1.75 bits per heavy atom. The Labute approximate surface area is 186 Å². The summed E-state index contributed by atoms with van der Waals surface area (Å²) in [6.07, 6.45) is 2.11. The van der Waals surface area contributed by atoms with Gasteiger partial charge in [0.2, 0.25) is 15.9 Å². The fourth-order valence-corrected chi connectivity index (χ4v) is 5.05. The predicted octanol–water partition coefficient (Wildman–Crippen LogP) is 1.09. The zero-order chi connectivity index (χ0) is 22.7. The van der Waals surface area contributed by atoms with E-state index in [0.717, 1.165) is 6.42 Å². The zero-order valence-electron chi connectivity index (χ0n) is 17.7. The van der Waals surface area contributed by atoms with E-state index in [9.17, 15) is 18.0 Å². The first-order valence-corrected chi connectivity index (χ1v) is 11.8. The quantitative estimate of drug-likeness (QED) is 0.705. The van der Waals surface area contributed by atoms with Crippen LogP contribution in [0.1, 0.15) is 23.9 Å². The lowest BCUT2D eigenvalue weighted by molar-refractivity contribution is -0.134. The maximum absolute atomic E-state index is 13.1. The lowest BCUT2D eigenvalue weighted by Gasteiger charge is -2.35. The third-order valence-corrected chi connectivity index (χ3v) is 7.26. The van der Waals surface area contributed by atoms with E-state index >= 15 is 0 Å². The second-order valence-corrected chi connectivity index (χ2v) is 9.50. The molecule has 0 spiro atoms. The van der Waals surface area contributed by atoms with Crippen LogP contribution in [0.25, 0.3) is 0 Å². The lowest BCUT2D eigenvalue weighted by Crippen LogP contribution is -2.55. The minimum atomic E-state index is -3.75. The molecule has 0 unspecified atom stereocenters. The van der Waals surface area contributed by atoms with Crippen molar-refractivity contribution >= 4 is 21.8 Å². The van der Waals surface area contributed by atoms with Gasteiger partial charge in [-0.1, -0.05) is 0 Å². The van der Waals surface area contributed by atoms with Gasteiger partial charge in [-0.3, -0.25) is 9.59 Å². The number of carbonyl (C=O) groups is 2. The number of rotatable bonds is 5. The molecule has 11 heteroatoms. The number of amides is 2. The van der Waals surface area contributed by atoms with Crippen LogP contribution >= 0.6 is 0 Å². The molecule has 0 radical (unpaired) electrons. The van der Waals surface area contributed by atoms with Gasteiger partial charge < -0.3 is 24.1 Å². The van der Waals surface area contributed by atoms with E-state index in [1.165, 1.54) is 28.8 Å². The second kappa shape index (κ2) is 9.21. The summed E-state index contributed by atoms with van der Waals surface area (Å²) in [6.45, 7) is 3.33. The number of hydrogen-bond acceptors (Lipinski definition) is 7. The summed E-state index contributed by atoms with van der Waals surface area (Å²) in [7, 11) is -3.75. The fourth-order valence-electron chi connectivity index (χ4n) is 3.61. The van der Waals surface area contributed by atoms with Crippen molar-refractivity contribution in [2.24, 2.45) is 0 Å². The molecule has 10 nitrogen and oxygen atoms in total. The first-order chi connectivity index (χ1) is 15.4. The standard InChI is InChI=1S/C21H25N3O7S/c1-15(22-20(25)18-4-2-11-30-18)21(26)23-7-9-24(10-8-23)32(27,28)16-5-6-17-19(14-16)31-13-3-12-29-17/h2,4-6,11,14-15H,3,7-10,12-13H2,1H3,(H,22,25)/t15-/m0/s1. The molecule has 2 amide bonds. The number of piperazine rings is 1. The minimum Gasteiger partial charge on any atom is -0.490 e. The third kappa shape index (κ3) is 4.58. The van der Waals surface area contributed by atoms with Crippen LogP contribution in [0.3, 0.4) is 0 Å². The van der Waals surface area contributed by atoms with Gasteiger partial charge in [0.25, 0.3) is 5.91 Å². The smallest absolute Gasteiger partial charge is 0.287 e. The molecule has 1 saturated heterocycles. The van der Waals surface area contributed by atoms with Crippen LogP contribution in [0, 0.1) is 0 Å². The van der Waals surface area contributed by atoms with Crippen LogP contribution in [0.4, 0.5) is 0 Å². The van der Waals surface area contributed by atoms with Crippen molar-refractivity contribution in [1.29, 1.82) is 0 Å².